The lowest BCUT2D eigenvalue weighted by Gasteiger charge is -2.40. The van der Waals surface area contributed by atoms with Gasteiger partial charge in [-0.1, -0.05) is 49.2 Å². The van der Waals surface area contributed by atoms with Crippen molar-refractivity contribution in [3.8, 4) is 0 Å². The molecule has 1 atom stereocenters. The van der Waals surface area contributed by atoms with Gasteiger partial charge in [-0.15, -0.1) is 0 Å². The van der Waals surface area contributed by atoms with Gasteiger partial charge in [0, 0.05) is 24.4 Å². The highest BCUT2D eigenvalue weighted by Crippen LogP contribution is 2.23. The van der Waals surface area contributed by atoms with Crippen molar-refractivity contribution >= 4 is 11.1 Å². The molecule has 1 unspecified atom stereocenters. The summed E-state index contributed by atoms with van der Waals surface area (Å²) in [6.07, 6.45) is 2.35. The van der Waals surface area contributed by atoms with E-state index in [9.17, 15) is 8.76 Å². The molecule has 0 aliphatic carbocycles. The Bertz CT molecular complexity index is 508. The highest BCUT2D eigenvalue weighted by molar-refractivity contribution is 7.78. The normalized spacial score (nSPS) is 19.9. The van der Waals surface area contributed by atoms with Crippen LogP contribution in [0.1, 0.15) is 44.7 Å². The van der Waals surface area contributed by atoms with Crippen LogP contribution in [0.25, 0.3) is 0 Å². The zero-order valence-electron chi connectivity index (χ0n) is 14.5. The molecule has 1 aliphatic rings. The van der Waals surface area contributed by atoms with Crippen molar-refractivity contribution in [2.24, 2.45) is 5.92 Å². The van der Waals surface area contributed by atoms with Gasteiger partial charge in [-0.05, 0) is 49.9 Å². The zero-order valence-corrected chi connectivity index (χ0v) is 15.3. The Balaban J connectivity index is 1.80. The van der Waals surface area contributed by atoms with Crippen molar-refractivity contribution in [1.82, 2.24) is 10.2 Å². The molecule has 1 aromatic rings. The summed E-state index contributed by atoms with van der Waals surface area (Å²) in [4.78, 5) is 2.56. The van der Waals surface area contributed by atoms with E-state index < -0.39 is 11.1 Å². The Hall–Kier alpha value is -0.750. The lowest BCUT2D eigenvalue weighted by Crippen LogP contribution is -2.51. The van der Waals surface area contributed by atoms with Crippen molar-refractivity contribution in [2.75, 3.05) is 19.6 Å². The van der Waals surface area contributed by atoms with Crippen molar-refractivity contribution < 1.29 is 8.76 Å². The van der Waals surface area contributed by atoms with Crippen LogP contribution in [0, 0.1) is 5.92 Å². The van der Waals surface area contributed by atoms with Crippen LogP contribution in [-0.4, -0.2) is 38.8 Å². The summed E-state index contributed by atoms with van der Waals surface area (Å²) in [5.41, 5.74) is 2.24. The van der Waals surface area contributed by atoms with E-state index in [-0.39, 0.29) is 11.3 Å². The second kappa shape index (κ2) is 8.38. The molecular formula is C18H29N2O2S-. The van der Waals surface area contributed by atoms with Crippen molar-refractivity contribution in [3.05, 3.63) is 35.4 Å². The fourth-order valence-electron chi connectivity index (χ4n) is 3.13. The van der Waals surface area contributed by atoms with E-state index in [2.05, 4.69) is 31.0 Å². The van der Waals surface area contributed by atoms with Gasteiger partial charge in [-0.25, -0.2) is 0 Å². The fourth-order valence-corrected chi connectivity index (χ4v) is 3.59. The first-order valence-corrected chi connectivity index (χ1v) is 9.72. The molecule has 5 heteroatoms. The maximum atomic E-state index is 10.7. The minimum absolute atomic E-state index is 0.0944. The SMILES string of the molecule is CC(C)CN1CCC(C)(NCc2ccc(CS(=O)[O-])cc2)CC1. The molecule has 1 heterocycles. The molecule has 4 nitrogen and oxygen atoms in total. The highest BCUT2D eigenvalue weighted by Gasteiger charge is 2.29. The van der Waals surface area contributed by atoms with Crippen LogP contribution in [0.4, 0.5) is 0 Å². The first-order valence-electron chi connectivity index (χ1n) is 8.47. The van der Waals surface area contributed by atoms with Crippen LogP contribution in [0.3, 0.4) is 0 Å². The summed E-state index contributed by atoms with van der Waals surface area (Å²) in [6.45, 7) is 11.2. The molecule has 1 saturated heterocycles. The maximum Gasteiger partial charge on any atom is 0.0353 e. The Morgan fingerprint density at radius 3 is 2.30 bits per heavy atom. The second-order valence-electron chi connectivity index (χ2n) is 7.37. The summed E-state index contributed by atoms with van der Waals surface area (Å²) in [7, 11) is 0. The summed E-state index contributed by atoms with van der Waals surface area (Å²) >= 11 is -2.02. The monoisotopic (exact) mass is 337 g/mol. The highest BCUT2D eigenvalue weighted by atomic mass is 32.2. The van der Waals surface area contributed by atoms with Gasteiger partial charge in [0.05, 0.1) is 0 Å². The molecule has 0 bridgehead atoms. The molecule has 2 rings (SSSR count). The van der Waals surface area contributed by atoms with Crippen molar-refractivity contribution in [1.29, 1.82) is 0 Å². The molecule has 0 aromatic heterocycles. The minimum Gasteiger partial charge on any atom is -0.772 e. The molecule has 0 amide bonds. The topological polar surface area (TPSA) is 55.4 Å². The zero-order chi connectivity index (χ0) is 16.9. The molecule has 0 spiro atoms. The Labute approximate surface area is 142 Å². The predicted octanol–water partition coefficient (Wildman–Crippen LogP) is 2.67. The fraction of sp³-hybridized carbons (Fsp3) is 0.667. The van der Waals surface area contributed by atoms with Gasteiger partial charge in [-0.3, -0.25) is 4.21 Å². The van der Waals surface area contributed by atoms with E-state index in [0.29, 0.717) is 0 Å². The van der Waals surface area contributed by atoms with Crippen LogP contribution in [0.15, 0.2) is 24.3 Å². The molecule has 1 fully saturated rings. The van der Waals surface area contributed by atoms with Crippen molar-refractivity contribution in [3.63, 3.8) is 0 Å². The van der Waals surface area contributed by atoms with E-state index in [1.165, 1.54) is 24.9 Å². The van der Waals surface area contributed by atoms with Crippen LogP contribution in [-0.2, 0) is 23.4 Å². The number of likely N-dealkylation sites (tertiary alicyclic amines) is 1. The van der Waals surface area contributed by atoms with Gasteiger partial charge in [-0.2, -0.15) is 0 Å². The van der Waals surface area contributed by atoms with Gasteiger partial charge in [0.15, 0.2) is 0 Å². The summed E-state index contributed by atoms with van der Waals surface area (Å²) in [6, 6.07) is 7.85. The average Bonchev–Trinajstić information content (AvgIpc) is 2.48. The van der Waals surface area contributed by atoms with E-state index >= 15 is 0 Å². The van der Waals surface area contributed by atoms with Gasteiger partial charge in [0.2, 0.25) is 0 Å². The van der Waals surface area contributed by atoms with Gasteiger partial charge in [0.25, 0.3) is 0 Å². The predicted molar refractivity (Wildman–Crippen MR) is 94.8 cm³/mol. The molecule has 1 aromatic carbocycles. The number of hydrogen-bond acceptors (Lipinski definition) is 4. The largest absolute Gasteiger partial charge is 0.772 e. The number of nitrogens with zero attached hydrogens (tertiary/aromatic N) is 1. The van der Waals surface area contributed by atoms with E-state index in [0.717, 1.165) is 31.1 Å². The quantitative estimate of drug-likeness (QED) is 0.777. The first-order chi connectivity index (χ1) is 10.9. The number of benzene rings is 1. The van der Waals surface area contributed by atoms with Crippen LogP contribution >= 0.6 is 0 Å². The molecule has 1 aliphatic heterocycles. The lowest BCUT2D eigenvalue weighted by molar-refractivity contribution is 0.133. The van der Waals surface area contributed by atoms with Gasteiger partial charge in [0.1, 0.15) is 0 Å². The van der Waals surface area contributed by atoms with Gasteiger partial charge >= 0.3 is 0 Å². The summed E-state index contributed by atoms with van der Waals surface area (Å²) in [5, 5.41) is 3.70. The smallest absolute Gasteiger partial charge is 0.0353 e. The summed E-state index contributed by atoms with van der Waals surface area (Å²) < 4.78 is 21.4. The number of rotatable bonds is 7. The lowest BCUT2D eigenvalue weighted by atomic mass is 9.89. The standard InChI is InChI=1S/C18H30N2O2S/c1-15(2)13-20-10-8-18(3,9-11-20)19-12-16-4-6-17(7-5-16)14-23(21)22/h4-7,15,19H,8-14H2,1-3H3,(H,21,22)/p-1. The third-order valence-electron chi connectivity index (χ3n) is 4.61. The molecule has 0 radical (unpaired) electrons. The molecule has 0 saturated carbocycles. The number of piperidine rings is 1. The third-order valence-corrected chi connectivity index (χ3v) is 5.18. The Kier molecular flexibility index (Phi) is 6.77. The van der Waals surface area contributed by atoms with Crippen LogP contribution in [0.2, 0.25) is 0 Å². The maximum absolute atomic E-state index is 10.7. The van der Waals surface area contributed by atoms with E-state index in [1.54, 1.807) is 0 Å². The van der Waals surface area contributed by atoms with E-state index in [4.69, 9.17) is 0 Å². The van der Waals surface area contributed by atoms with Crippen LogP contribution in [0.5, 0.6) is 0 Å². The second-order valence-corrected chi connectivity index (χ2v) is 8.27. The molecular weight excluding hydrogens is 308 g/mol. The first kappa shape index (κ1) is 18.6. The molecule has 1 N–H and O–H groups in total. The average molecular weight is 338 g/mol. The number of nitrogens with one attached hydrogen (secondary N) is 1. The van der Waals surface area contributed by atoms with E-state index in [1.807, 2.05) is 24.3 Å². The Morgan fingerprint density at radius 1 is 1.22 bits per heavy atom. The van der Waals surface area contributed by atoms with Gasteiger partial charge < -0.3 is 14.8 Å². The number of hydrogen-bond donors (Lipinski definition) is 1. The Morgan fingerprint density at radius 2 is 1.78 bits per heavy atom. The van der Waals surface area contributed by atoms with Crippen molar-refractivity contribution in [2.45, 2.75) is 51.4 Å². The van der Waals surface area contributed by atoms with Crippen LogP contribution < -0.4 is 5.32 Å². The molecule has 23 heavy (non-hydrogen) atoms. The molecule has 130 valence electrons. The summed E-state index contributed by atoms with van der Waals surface area (Å²) in [5.74, 6) is 0.825. The minimum atomic E-state index is -2.02. The third kappa shape index (κ3) is 6.34.